The van der Waals surface area contributed by atoms with Crippen LogP contribution in [0, 0.1) is 5.41 Å². The molecule has 1 aliphatic heterocycles. The number of aryl methyl sites for hydroxylation is 1. The molecular formula is C21H29IN6O. The molecule has 4 rings (SSSR count). The number of rotatable bonds is 5. The Morgan fingerprint density at radius 2 is 2.00 bits per heavy atom. The van der Waals surface area contributed by atoms with E-state index in [9.17, 15) is 4.79 Å². The van der Waals surface area contributed by atoms with E-state index in [2.05, 4.69) is 45.7 Å². The highest BCUT2D eigenvalue weighted by Gasteiger charge is 2.42. The number of benzene rings is 1. The summed E-state index contributed by atoms with van der Waals surface area (Å²) < 4.78 is 1.72. The van der Waals surface area contributed by atoms with Gasteiger partial charge in [0.05, 0.1) is 11.9 Å². The maximum absolute atomic E-state index is 12.7. The highest BCUT2D eigenvalue weighted by molar-refractivity contribution is 14.0. The molecule has 1 aromatic heterocycles. The summed E-state index contributed by atoms with van der Waals surface area (Å²) in [4.78, 5) is 20.9. The number of nitrogens with one attached hydrogen (secondary N) is 1. The molecule has 2 heterocycles. The summed E-state index contributed by atoms with van der Waals surface area (Å²) in [5.74, 6) is 0.895. The minimum Gasteiger partial charge on any atom is -0.356 e. The zero-order valence-corrected chi connectivity index (χ0v) is 19.4. The molecule has 1 aliphatic carbocycles. The molecule has 2 fully saturated rings. The van der Waals surface area contributed by atoms with Gasteiger partial charge in [-0.1, -0.05) is 30.3 Å². The Bertz CT molecular complexity index is 861. The van der Waals surface area contributed by atoms with E-state index < -0.39 is 0 Å². The minimum absolute atomic E-state index is 0. The number of piperazine rings is 1. The topological polar surface area (TPSA) is 65.8 Å². The van der Waals surface area contributed by atoms with E-state index in [-0.39, 0.29) is 29.9 Å². The van der Waals surface area contributed by atoms with E-state index >= 15 is 0 Å². The van der Waals surface area contributed by atoms with Crippen LogP contribution in [0.25, 0.3) is 0 Å². The molecule has 0 unspecified atom stereocenters. The Kier molecular flexibility index (Phi) is 6.81. The molecule has 1 aromatic carbocycles. The first-order chi connectivity index (χ1) is 13.6. The van der Waals surface area contributed by atoms with Crippen LogP contribution < -0.4 is 10.2 Å². The first-order valence-electron chi connectivity index (χ1n) is 9.87. The number of anilines is 1. The van der Waals surface area contributed by atoms with Gasteiger partial charge in [-0.15, -0.1) is 24.0 Å². The first-order valence-corrected chi connectivity index (χ1v) is 9.87. The van der Waals surface area contributed by atoms with Gasteiger partial charge in [-0.2, -0.15) is 5.10 Å². The molecule has 1 N–H and O–H groups in total. The third-order valence-corrected chi connectivity index (χ3v) is 5.74. The second-order valence-corrected chi connectivity index (χ2v) is 7.90. The lowest BCUT2D eigenvalue weighted by Gasteiger charge is -2.35. The fourth-order valence-corrected chi connectivity index (χ4v) is 3.90. The number of hydrogen-bond acceptors (Lipinski definition) is 3. The lowest BCUT2D eigenvalue weighted by atomic mass is 9.96. The van der Waals surface area contributed by atoms with Crippen LogP contribution in [0.3, 0.4) is 0 Å². The lowest BCUT2D eigenvalue weighted by molar-refractivity contribution is -0.120. The molecule has 2 aromatic rings. The SMILES string of the molecule is CN=C(NCC1(Cc2ccccc2)CC1)N1CCN(c2cnn(C)c2)C(=O)C1.I. The third-order valence-electron chi connectivity index (χ3n) is 5.74. The van der Waals surface area contributed by atoms with Gasteiger partial charge in [0.2, 0.25) is 5.91 Å². The number of carbonyl (C=O) groups is 1. The van der Waals surface area contributed by atoms with Crippen LogP contribution in [-0.4, -0.2) is 59.8 Å². The summed E-state index contributed by atoms with van der Waals surface area (Å²) >= 11 is 0. The van der Waals surface area contributed by atoms with Crippen molar-refractivity contribution in [2.45, 2.75) is 19.3 Å². The number of amides is 1. The molecule has 2 aliphatic rings. The fourth-order valence-electron chi connectivity index (χ4n) is 3.90. The number of guanidine groups is 1. The molecular weight excluding hydrogens is 479 g/mol. The largest absolute Gasteiger partial charge is 0.356 e. The summed E-state index contributed by atoms with van der Waals surface area (Å²) in [6.45, 7) is 2.62. The van der Waals surface area contributed by atoms with Crippen molar-refractivity contribution in [2.75, 3.05) is 38.1 Å². The maximum Gasteiger partial charge on any atom is 0.246 e. The van der Waals surface area contributed by atoms with Gasteiger partial charge in [0.15, 0.2) is 5.96 Å². The smallest absolute Gasteiger partial charge is 0.246 e. The van der Waals surface area contributed by atoms with Crippen LogP contribution in [-0.2, 0) is 18.3 Å². The summed E-state index contributed by atoms with van der Waals surface area (Å²) in [6, 6.07) is 10.7. The number of hydrogen-bond donors (Lipinski definition) is 1. The standard InChI is InChI=1S/C21H28N6O.HI/c1-22-20(23-16-21(8-9-21)12-17-6-4-3-5-7-17)26-10-11-27(19(28)15-26)18-13-24-25(2)14-18;/h3-7,13-14H,8-12,15-16H2,1-2H3,(H,22,23);1H. The van der Waals surface area contributed by atoms with Crippen molar-refractivity contribution in [3.05, 3.63) is 48.3 Å². The first kappa shape index (κ1) is 21.6. The van der Waals surface area contributed by atoms with Gasteiger partial charge >= 0.3 is 0 Å². The number of nitrogens with zero attached hydrogens (tertiary/aromatic N) is 5. The maximum atomic E-state index is 12.7. The van der Waals surface area contributed by atoms with Crippen LogP contribution in [0.15, 0.2) is 47.7 Å². The van der Waals surface area contributed by atoms with Crippen LogP contribution in [0.4, 0.5) is 5.69 Å². The van der Waals surface area contributed by atoms with Crippen molar-refractivity contribution in [2.24, 2.45) is 17.5 Å². The van der Waals surface area contributed by atoms with Crippen molar-refractivity contribution in [1.29, 1.82) is 0 Å². The Morgan fingerprint density at radius 3 is 2.59 bits per heavy atom. The fraction of sp³-hybridized carbons (Fsp3) is 0.476. The van der Waals surface area contributed by atoms with Crippen molar-refractivity contribution >= 4 is 41.5 Å². The number of carbonyl (C=O) groups excluding carboxylic acids is 1. The molecule has 1 saturated heterocycles. The molecule has 0 bridgehead atoms. The van der Waals surface area contributed by atoms with E-state index in [0.717, 1.165) is 31.2 Å². The monoisotopic (exact) mass is 508 g/mol. The highest BCUT2D eigenvalue weighted by atomic mass is 127. The minimum atomic E-state index is 0. The van der Waals surface area contributed by atoms with Crippen molar-refractivity contribution < 1.29 is 4.79 Å². The predicted octanol–water partition coefficient (Wildman–Crippen LogP) is 2.29. The van der Waals surface area contributed by atoms with Gasteiger partial charge < -0.3 is 15.1 Å². The van der Waals surface area contributed by atoms with E-state index in [1.165, 1.54) is 18.4 Å². The van der Waals surface area contributed by atoms with Crippen molar-refractivity contribution in [1.82, 2.24) is 20.0 Å². The Labute approximate surface area is 189 Å². The summed E-state index contributed by atoms with van der Waals surface area (Å²) in [7, 11) is 3.65. The number of aliphatic imine (C=N–C) groups is 1. The summed E-state index contributed by atoms with van der Waals surface area (Å²) in [6.07, 6.45) is 7.17. The van der Waals surface area contributed by atoms with Crippen LogP contribution in [0.2, 0.25) is 0 Å². The molecule has 8 heteroatoms. The normalized spacial score (nSPS) is 18.4. The van der Waals surface area contributed by atoms with Crippen molar-refractivity contribution in [3.8, 4) is 0 Å². The molecule has 0 radical (unpaired) electrons. The van der Waals surface area contributed by atoms with E-state index in [4.69, 9.17) is 0 Å². The van der Waals surface area contributed by atoms with Gasteiger partial charge in [-0.25, -0.2) is 0 Å². The molecule has 156 valence electrons. The van der Waals surface area contributed by atoms with Crippen LogP contribution in [0.5, 0.6) is 0 Å². The number of halogens is 1. The summed E-state index contributed by atoms with van der Waals surface area (Å²) in [5.41, 5.74) is 2.56. The Hall–Kier alpha value is -2.10. The van der Waals surface area contributed by atoms with Crippen molar-refractivity contribution in [3.63, 3.8) is 0 Å². The lowest BCUT2D eigenvalue weighted by Crippen LogP contribution is -2.56. The third kappa shape index (κ3) is 5.09. The molecule has 29 heavy (non-hydrogen) atoms. The Morgan fingerprint density at radius 1 is 1.24 bits per heavy atom. The second kappa shape index (κ2) is 9.15. The van der Waals surface area contributed by atoms with Gasteiger partial charge in [0.1, 0.15) is 6.54 Å². The Balaban J connectivity index is 0.00000240. The van der Waals surface area contributed by atoms with E-state index in [1.54, 1.807) is 22.8 Å². The van der Waals surface area contributed by atoms with Crippen LogP contribution >= 0.6 is 24.0 Å². The molecule has 1 saturated carbocycles. The zero-order chi connectivity index (χ0) is 19.6. The average molecular weight is 508 g/mol. The molecule has 0 spiro atoms. The van der Waals surface area contributed by atoms with Crippen LogP contribution in [0.1, 0.15) is 18.4 Å². The predicted molar refractivity (Wildman–Crippen MR) is 126 cm³/mol. The molecule has 0 atom stereocenters. The van der Waals surface area contributed by atoms with E-state index in [1.807, 2.05) is 18.1 Å². The van der Waals surface area contributed by atoms with E-state index in [0.29, 0.717) is 18.5 Å². The quantitative estimate of drug-likeness (QED) is 0.383. The molecule has 7 nitrogen and oxygen atoms in total. The van der Waals surface area contributed by atoms with Gasteiger partial charge in [-0.05, 0) is 30.2 Å². The highest BCUT2D eigenvalue weighted by Crippen LogP contribution is 2.47. The average Bonchev–Trinajstić information content (AvgIpc) is 3.32. The van der Waals surface area contributed by atoms with Gasteiger partial charge in [0.25, 0.3) is 0 Å². The number of aromatic nitrogens is 2. The second-order valence-electron chi connectivity index (χ2n) is 7.90. The van der Waals surface area contributed by atoms with Gasteiger partial charge in [0, 0.05) is 39.9 Å². The zero-order valence-electron chi connectivity index (χ0n) is 17.0. The molecule has 1 amide bonds. The summed E-state index contributed by atoms with van der Waals surface area (Å²) in [5, 5.41) is 7.70. The van der Waals surface area contributed by atoms with Gasteiger partial charge in [-0.3, -0.25) is 14.5 Å².